The minimum atomic E-state index is -0.722. The van der Waals surface area contributed by atoms with Gasteiger partial charge in [0.05, 0.1) is 41.7 Å². The molecule has 234 valence electrons. The molecule has 0 saturated carbocycles. The fraction of sp³-hybridized carbons (Fsp3) is 0.265. The highest BCUT2D eigenvalue weighted by atomic mass is 35.5. The molecule has 0 spiro atoms. The van der Waals surface area contributed by atoms with Crippen LogP contribution in [0.1, 0.15) is 50.4 Å². The van der Waals surface area contributed by atoms with Gasteiger partial charge < -0.3 is 18.9 Å². The zero-order valence-corrected chi connectivity index (χ0v) is 27.8. The van der Waals surface area contributed by atoms with Crippen molar-refractivity contribution in [2.75, 3.05) is 13.7 Å². The minimum absolute atomic E-state index is 0.00647. The van der Waals surface area contributed by atoms with E-state index < -0.39 is 12.0 Å². The topological polar surface area (TPSA) is 88.4 Å². The van der Waals surface area contributed by atoms with E-state index in [2.05, 4.69) is 4.99 Å². The van der Waals surface area contributed by atoms with Crippen LogP contribution in [0, 0.1) is 0 Å². The van der Waals surface area contributed by atoms with Crippen LogP contribution in [-0.2, 0) is 16.1 Å². The molecule has 4 aromatic rings. The van der Waals surface area contributed by atoms with Crippen molar-refractivity contribution in [3.8, 4) is 17.2 Å². The summed E-state index contributed by atoms with van der Waals surface area (Å²) in [6.45, 7) is 7.81. The average molecular weight is 668 g/mol. The molecule has 8 nitrogen and oxygen atoms in total. The number of hydrogen-bond donors (Lipinski definition) is 0. The van der Waals surface area contributed by atoms with Gasteiger partial charge in [0.15, 0.2) is 16.3 Å². The summed E-state index contributed by atoms with van der Waals surface area (Å²) in [6.07, 6.45) is 1.78. The number of rotatable bonds is 10. The summed E-state index contributed by atoms with van der Waals surface area (Å²) in [4.78, 5) is 32.3. The smallest absolute Gasteiger partial charge is 0.338 e. The Balaban J connectivity index is 1.52. The van der Waals surface area contributed by atoms with Crippen LogP contribution in [0.5, 0.6) is 17.2 Å². The number of allylic oxidation sites excluding steroid dienone is 1. The molecule has 5 rings (SSSR count). The second-order valence-corrected chi connectivity index (χ2v) is 12.3. The number of thiazole rings is 1. The first-order chi connectivity index (χ1) is 21.6. The van der Waals surface area contributed by atoms with Gasteiger partial charge in [-0.25, -0.2) is 9.79 Å². The van der Waals surface area contributed by atoms with E-state index in [4.69, 9.17) is 42.1 Å². The molecule has 0 fully saturated rings. The van der Waals surface area contributed by atoms with Crippen molar-refractivity contribution in [2.45, 2.75) is 46.4 Å². The molecule has 1 atom stereocenters. The lowest BCUT2D eigenvalue weighted by molar-refractivity contribution is -0.139. The van der Waals surface area contributed by atoms with E-state index in [0.717, 1.165) is 16.7 Å². The lowest BCUT2D eigenvalue weighted by Gasteiger charge is -2.25. The van der Waals surface area contributed by atoms with Crippen LogP contribution >= 0.6 is 34.5 Å². The van der Waals surface area contributed by atoms with Crippen LogP contribution in [-0.4, -0.2) is 30.4 Å². The molecular formula is C34H32Cl2N2O6S. The van der Waals surface area contributed by atoms with Crippen molar-refractivity contribution >= 4 is 46.6 Å². The molecule has 0 aliphatic carbocycles. The van der Waals surface area contributed by atoms with E-state index in [1.807, 2.05) is 44.2 Å². The number of hydrogen-bond acceptors (Lipinski definition) is 8. The van der Waals surface area contributed by atoms with Gasteiger partial charge in [0.25, 0.3) is 5.56 Å². The van der Waals surface area contributed by atoms with E-state index >= 15 is 0 Å². The van der Waals surface area contributed by atoms with E-state index in [9.17, 15) is 9.59 Å². The normalized spacial score (nSPS) is 14.7. The number of carbonyl (C=O) groups is 1. The lowest BCUT2D eigenvalue weighted by Crippen LogP contribution is -2.39. The predicted octanol–water partition coefficient (Wildman–Crippen LogP) is 6.48. The van der Waals surface area contributed by atoms with Crippen LogP contribution in [0.2, 0.25) is 10.0 Å². The Kier molecular flexibility index (Phi) is 10.0. The van der Waals surface area contributed by atoms with Crippen LogP contribution in [0.4, 0.5) is 0 Å². The maximum Gasteiger partial charge on any atom is 0.338 e. The largest absolute Gasteiger partial charge is 0.493 e. The fourth-order valence-corrected chi connectivity index (χ4v) is 6.46. The first-order valence-corrected chi connectivity index (χ1v) is 15.9. The van der Waals surface area contributed by atoms with Gasteiger partial charge in [-0.15, -0.1) is 0 Å². The Morgan fingerprint density at radius 2 is 1.82 bits per heavy atom. The number of fused-ring (bicyclic) bond motifs is 1. The van der Waals surface area contributed by atoms with Crippen molar-refractivity contribution in [3.05, 3.63) is 118 Å². The minimum Gasteiger partial charge on any atom is -0.493 e. The summed E-state index contributed by atoms with van der Waals surface area (Å²) in [6, 6.07) is 17.3. The molecule has 0 bridgehead atoms. The summed E-state index contributed by atoms with van der Waals surface area (Å²) in [7, 11) is 1.55. The van der Waals surface area contributed by atoms with Gasteiger partial charge in [0.1, 0.15) is 12.4 Å². The number of nitrogens with zero attached hydrogens (tertiary/aromatic N) is 2. The maximum absolute atomic E-state index is 14.0. The van der Waals surface area contributed by atoms with Crippen LogP contribution < -0.4 is 29.1 Å². The second kappa shape index (κ2) is 13.9. The number of ether oxygens (including phenoxy) is 4. The lowest BCUT2D eigenvalue weighted by atomic mass is 9.96. The molecule has 0 N–H and O–H groups in total. The summed E-state index contributed by atoms with van der Waals surface area (Å²) in [5.41, 5.74) is 2.77. The molecule has 0 amide bonds. The number of aromatic nitrogens is 1. The summed E-state index contributed by atoms with van der Waals surface area (Å²) >= 11 is 13.5. The summed E-state index contributed by atoms with van der Waals surface area (Å²) in [5, 5.41) is 1.05. The van der Waals surface area contributed by atoms with Crippen molar-refractivity contribution in [3.63, 3.8) is 0 Å². The molecule has 0 unspecified atom stereocenters. The Hall–Kier alpha value is -4.05. The van der Waals surface area contributed by atoms with E-state index in [1.54, 1.807) is 61.9 Å². The third-order valence-corrected chi connectivity index (χ3v) is 8.54. The molecule has 1 aliphatic rings. The highest BCUT2D eigenvalue weighted by molar-refractivity contribution is 7.07. The van der Waals surface area contributed by atoms with E-state index in [1.165, 1.54) is 11.3 Å². The fourth-order valence-electron chi connectivity index (χ4n) is 4.95. The highest BCUT2D eigenvalue weighted by Gasteiger charge is 2.33. The first kappa shape index (κ1) is 32.3. The van der Waals surface area contributed by atoms with Gasteiger partial charge in [-0.1, -0.05) is 58.8 Å². The molecule has 45 heavy (non-hydrogen) atoms. The zero-order valence-electron chi connectivity index (χ0n) is 25.4. The van der Waals surface area contributed by atoms with Crippen LogP contribution in [0.15, 0.2) is 81.7 Å². The Morgan fingerprint density at radius 3 is 2.49 bits per heavy atom. The number of carbonyl (C=O) groups excluding carboxylic acids is 1. The monoisotopic (exact) mass is 666 g/mol. The van der Waals surface area contributed by atoms with Crippen molar-refractivity contribution < 1.29 is 23.7 Å². The average Bonchev–Trinajstić information content (AvgIpc) is 3.30. The second-order valence-electron chi connectivity index (χ2n) is 10.5. The van der Waals surface area contributed by atoms with Gasteiger partial charge in [-0.2, -0.15) is 0 Å². The molecule has 11 heteroatoms. The maximum atomic E-state index is 14.0. The molecule has 1 aromatic heterocycles. The standard InChI is InChI=1S/C34H32Cl2N2O6S/c1-6-42-33(40)30-20(4)37-34-38(31(30)22-9-12-25(13-10-22)44-19(2)3)32(39)29(45-34)16-21-7-14-27(28(15-21)41-5)43-18-23-8-11-24(35)17-26(23)36/h7-17,19,31H,6,18H2,1-5H3/b29-16-/t31-/m0/s1. The highest BCUT2D eigenvalue weighted by Crippen LogP contribution is 2.33. The Labute approximate surface area is 274 Å². The summed E-state index contributed by atoms with van der Waals surface area (Å²) in [5.74, 6) is 1.18. The number of halogens is 2. The summed E-state index contributed by atoms with van der Waals surface area (Å²) < 4.78 is 24.8. The van der Waals surface area contributed by atoms with Gasteiger partial charge in [-0.05, 0) is 81.3 Å². The molecule has 2 heterocycles. The SMILES string of the molecule is CCOC(=O)C1=C(C)N=c2s/c(=C\c3ccc(OCc4ccc(Cl)cc4Cl)c(OC)c3)c(=O)n2[C@H]1c1ccc(OC(C)C)cc1. The molecule has 0 radical (unpaired) electrons. The van der Waals surface area contributed by atoms with Crippen molar-refractivity contribution in [1.29, 1.82) is 0 Å². The molecule has 0 saturated heterocycles. The van der Waals surface area contributed by atoms with Gasteiger partial charge in [0.2, 0.25) is 0 Å². The van der Waals surface area contributed by atoms with Crippen molar-refractivity contribution in [1.82, 2.24) is 4.57 Å². The predicted molar refractivity (Wildman–Crippen MR) is 176 cm³/mol. The third-order valence-electron chi connectivity index (χ3n) is 6.97. The quantitative estimate of drug-likeness (QED) is 0.180. The number of methoxy groups -OCH3 is 1. The zero-order chi connectivity index (χ0) is 32.2. The Bertz CT molecular complexity index is 1950. The third kappa shape index (κ3) is 7.11. The van der Waals surface area contributed by atoms with Gasteiger partial charge in [0, 0.05) is 15.6 Å². The van der Waals surface area contributed by atoms with Crippen LogP contribution in [0.3, 0.4) is 0 Å². The molecular weight excluding hydrogens is 635 g/mol. The van der Waals surface area contributed by atoms with E-state index in [-0.39, 0.29) is 24.9 Å². The van der Waals surface area contributed by atoms with Crippen molar-refractivity contribution in [2.24, 2.45) is 4.99 Å². The van der Waals surface area contributed by atoms with Gasteiger partial charge >= 0.3 is 5.97 Å². The molecule has 1 aliphatic heterocycles. The van der Waals surface area contributed by atoms with Gasteiger partial charge in [-0.3, -0.25) is 9.36 Å². The Morgan fingerprint density at radius 1 is 1.07 bits per heavy atom. The number of esters is 1. The molecule has 3 aromatic carbocycles. The number of benzene rings is 3. The van der Waals surface area contributed by atoms with Crippen LogP contribution in [0.25, 0.3) is 6.08 Å². The van der Waals surface area contributed by atoms with E-state index in [0.29, 0.717) is 47.9 Å². The first-order valence-electron chi connectivity index (χ1n) is 14.3.